The zero-order valence-corrected chi connectivity index (χ0v) is 68.9. The first-order chi connectivity index (χ1) is 60.9. The molecular weight excluding hydrogens is 1770 g/mol. The van der Waals surface area contributed by atoms with Crippen molar-refractivity contribution in [3.63, 3.8) is 0 Å². The molecule has 0 aliphatic carbocycles. The topological polar surface area (TPSA) is 916 Å². The molecule has 0 saturated carbocycles. The van der Waals surface area contributed by atoms with Gasteiger partial charge in [-0.3, -0.25) is 19.2 Å². The van der Waals surface area contributed by atoms with Gasteiger partial charge in [-0.25, -0.2) is 4.79 Å². The number of nitrogens with one attached hydrogen (secondary N) is 4. The molecule has 0 aromatic heterocycles. The zero-order valence-electron chi connectivity index (χ0n) is 68.9. The van der Waals surface area contributed by atoms with Crippen LogP contribution in [0, 0.1) is 0 Å². The second kappa shape index (κ2) is 46.1. The molecule has 0 unspecified atom stereocenters. The van der Waals surface area contributed by atoms with E-state index < -0.39 is 414 Å². The fourth-order valence-electron chi connectivity index (χ4n) is 16.5. The van der Waals surface area contributed by atoms with Crippen molar-refractivity contribution in [3.8, 4) is 0 Å². The van der Waals surface area contributed by atoms with E-state index in [9.17, 15) is 177 Å². The van der Waals surface area contributed by atoms with Gasteiger partial charge in [0.2, 0.25) is 23.6 Å². The van der Waals surface area contributed by atoms with Crippen molar-refractivity contribution in [2.24, 2.45) is 0 Å². The molecule has 0 aromatic carbocycles. The lowest BCUT2D eigenvalue weighted by atomic mass is 9.90. The predicted octanol–water partition coefficient (Wildman–Crippen LogP) is -23.0. The van der Waals surface area contributed by atoms with Gasteiger partial charge in [0.15, 0.2) is 56.6 Å². The Morgan fingerprint density at radius 3 is 1.02 bits per heavy atom. The lowest BCUT2D eigenvalue weighted by molar-refractivity contribution is -0.399. The maximum Gasteiger partial charge on any atom is 0.364 e. The summed E-state index contributed by atoms with van der Waals surface area (Å²) in [4.78, 5) is 64.2. The van der Waals surface area contributed by atoms with Crippen molar-refractivity contribution < 1.29 is 267 Å². The number of carbonyl (C=O) groups is 5. The highest BCUT2D eigenvalue weighted by atomic mass is 16.8. The van der Waals surface area contributed by atoms with Crippen LogP contribution in [0.2, 0.25) is 0 Å². The summed E-state index contributed by atoms with van der Waals surface area (Å²) < 4.78 is 112. The first-order valence-corrected chi connectivity index (χ1v) is 40.8. The van der Waals surface area contributed by atoms with Crippen molar-refractivity contribution in [3.05, 3.63) is 0 Å². The minimum Gasteiger partial charge on any atom is -0.477 e. The summed E-state index contributed by atoms with van der Waals surface area (Å²) in [5.74, 6) is -8.99. The molecule has 0 aromatic rings. The highest BCUT2D eigenvalue weighted by molar-refractivity contribution is 5.76. The average Bonchev–Trinajstić information content (AvgIpc) is 0.765. The van der Waals surface area contributed by atoms with Gasteiger partial charge in [0.05, 0.1) is 72.2 Å². The zero-order chi connectivity index (χ0) is 95.3. The third-order valence-corrected chi connectivity index (χ3v) is 23.4. The van der Waals surface area contributed by atoms with E-state index in [1.165, 1.54) is 0 Å². The first-order valence-electron chi connectivity index (χ1n) is 40.8. The van der Waals surface area contributed by atoms with Crippen molar-refractivity contribution >= 4 is 29.6 Å². The number of aliphatic hydroxyl groups excluding tert-OH is 29. The fraction of sp³-hybridized carbons (Fsp3) is 0.930. The van der Waals surface area contributed by atoms with E-state index in [0.717, 1.165) is 27.7 Å². The Morgan fingerprint density at radius 1 is 0.318 bits per heavy atom. The Labute approximate surface area is 728 Å². The van der Waals surface area contributed by atoms with Gasteiger partial charge in [-0.2, -0.15) is 0 Å². The van der Waals surface area contributed by atoms with Crippen LogP contribution >= 0.6 is 0 Å². The highest BCUT2D eigenvalue weighted by Crippen LogP contribution is 2.42. The minimum absolute atomic E-state index is 0.814. The fourth-order valence-corrected chi connectivity index (χ4v) is 16.5. The number of hydrogen-bond donors (Lipinski definition) is 34. The van der Waals surface area contributed by atoms with Crippen LogP contribution in [0.5, 0.6) is 0 Å². The Kier molecular flexibility index (Phi) is 38.0. The molecule has 10 fully saturated rings. The third-order valence-electron chi connectivity index (χ3n) is 23.4. The number of ether oxygens (including phenoxy) is 19. The van der Waals surface area contributed by atoms with Gasteiger partial charge in [-0.1, -0.05) is 0 Å². The molecule has 0 radical (unpaired) electrons. The van der Waals surface area contributed by atoms with Crippen LogP contribution in [0.25, 0.3) is 0 Å². The largest absolute Gasteiger partial charge is 0.477 e. The van der Waals surface area contributed by atoms with E-state index in [1.54, 1.807) is 0 Å². The van der Waals surface area contributed by atoms with Crippen LogP contribution < -0.4 is 21.3 Å². The standard InChI is InChI=1S/C71H118N4O54/c1-16(84)72-31-42(97)53(25(10-80)113-61(31)108)122-62-32(73-17(2)85)43(98)56(28(13-83)117-62)125-67-52(107)57(41(96)29(120-67)14-111-68-59(48(103)38(93)23(8-78)115-68)127-63-33(74-18(3)86)44(99)54(26(11-81)118-63)123-65-50(105)46(101)37(92)22(7-77)114-65)126-69-60(49(104)39(94)24(9-79)116-69)128-64-34(75-19(4)87)45(100)55(27(12-82)119-64)124-66-51(106)47(102)40(95)30(121-66)15-112-71(70(109)110)5-20(88)35(90)58(129-71)36(91)21(89)6-76/h20-69,76-83,88-108H,5-15H2,1-4H3,(H,72,84)(H,73,85)(H,74,86)(H,75,87)(H,109,110)/t20-,21+,22+,23+,24+,25+,26+,27+,28+,29+,30+,31+,32+,33+,34+,35+,36+,37-,38+,39+,40-,41+,42+,43+,44+,45+,46-,47-,48-,49-,50+,51+,52-,53+,54+,55+,56+,57-,58+,59-,60-,61+,62-,63-,64-,65-,66-,67-,68-,69+,71+/m0/s1. The number of hydrogen-bond acceptors (Lipinski definition) is 53. The van der Waals surface area contributed by atoms with Gasteiger partial charge in [-0.15, -0.1) is 0 Å². The maximum absolute atomic E-state index is 13.2. The van der Waals surface area contributed by atoms with Crippen LogP contribution in [0.15, 0.2) is 0 Å². The van der Waals surface area contributed by atoms with Crippen LogP contribution in [-0.4, -0.2) is 561 Å². The van der Waals surface area contributed by atoms with E-state index in [4.69, 9.17) is 90.0 Å². The van der Waals surface area contributed by atoms with E-state index in [0.29, 0.717) is 0 Å². The number of carbonyl (C=O) groups excluding carboxylic acids is 4. The number of rotatable bonds is 35. The van der Waals surface area contributed by atoms with E-state index >= 15 is 0 Å². The number of aliphatic carboxylic acids is 1. The summed E-state index contributed by atoms with van der Waals surface area (Å²) in [6.45, 7) is -8.07. The Hall–Kier alpha value is -4.57. The Balaban J connectivity index is 0.961. The van der Waals surface area contributed by atoms with Gasteiger partial charge in [-0.05, 0) is 0 Å². The van der Waals surface area contributed by atoms with Crippen LogP contribution in [0.1, 0.15) is 34.1 Å². The summed E-state index contributed by atoms with van der Waals surface area (Å²) in [7, 11) is 0. The van der Waals surface area contributed by atoms with E-state index in [1.807, 2.05) is 0 Å². The highest BCUT2D eigenvalue weighted by Gasteiger charge is 2.63. The number of carboxylic acid groups (broad SMARTS) is 1. The number of amides is 4. The molecule has 10 heterocycles. The molecule has 58 nitrogen and oxygen atoms in total. The molecule has 746 valence electrons. The van der Waals surface area contributed by atoms with Crippen molar-refractivity contribution in [2.75, 3.05) is 66.1 Å². The van der Waals surface area contributed by atoms with Crippen LogP contribution in [0.4, 0.5) is 0 Å². The van der Waals surface area contributed by atoms with Gasteiger partial charge >= 0.3 is 5.97 Å². The normalized spacial score (nSPS) is 48.1. The maximum atomic E-state index is 13.2. The predicted molar refractivity (Wildman–Crippen MR) is 393 cm³/mol. The third kappa shape index (κ3) is 23.5. The lowest BCUT2D eigenvalue weighted by Gasteiger charge is -2.51. The quantitative estimate of drug-likeness (QED) is 0.0280. The van der Waals surface area contributed by atoms with Crippen molar-refractivity contribution in [2.45, 2.75) is 347 Å². The molecule has 10 saturated heterocycles. The Bertz CT molecular complexity index is 3550. The summed E-state index contributed by atoms with van der Waals surface area (Å²) >= 11 is 0. The SMILES string of the molecule is CC(=O)N[C@@H]1[C@@H](O)[C@H](O[C@@H]2O[C@H](CO)[C@@H](O[C@@H]3O[C@H](CO[C@H]4O[C@H](CO)[C@@H](O)[C@H](O)[C@@H]4O[C@@H]4O[C@H](CO)[C@@H](O[C@@H]5O[C@H](CO)[C@H](O)[C@H](O)[C@H]5O)[C@H](O)[C@H]4NC(C)=O)[C@@H](O)[C@H](O[C@H]4O[C@H](CO)[C@@H](O)[C@H](O)[C@@H]4O[C@@H]4O[C@H](CO)[C@@H](O[C@@H]5O[C@H](CO[C@]6(C(=O)O)C[C@H](O)[C@@H](O)[C@H]([C@H](O)[C@H](O)CO)O6)[C@H](O)[C@H](O)[C@H]5O)[C@H](O)[C@H]4NC(C)=O)[C@@H]3O)[C@H](O)[C@H]2NC(C)=O)[C@@H](CO)O[C@H]1O. The van der Waals surface area contributed by atoms with Crippen LogP contribution in [-0.2, 0) is 114 Å². The van der Waals surface area contributed by atoms with Crippen molar-refractivity contribution in [1.82, 2.24) is 21.3 Å². The molecular formula is C71H118N4O54. The summed E-state index contributed by atoms with van der Waals surface area (Å²) in [6.07, 6.45) is -102. The molecule has 0 bridgehead atoms. The molecule has 10 aliphatic rings. The molecule has 58 heteroatoms. The molecule has 0 spiro atoms. The molecule has 51 atom stereocenters. The molecule has 10 rings (SSSR count). The summed E-state index contributed by atoms with van der Waals surface area (Å²) in [5.41, 5.74) is 0. The Morgan fingerprint density at radius 2 is 0.628 bits per heavy atom. The number of carboxylic acids is 1. The molecule has 4 amide bonds. The minimum atomic E-state index is -3.11. The van der Waals surface area contributed by atoms with Gasteiger partial charge in [0.25, 0.3) is 5.79 Å². The lowest BCUT2D eigenvalue weighted by Crippen LogP contribution is -2.71. The molecule has 10 aliphatic heterocycles. The first kappa shape index (κ1) is 106. The van der Waals surface area contributed by atoms with Gasteiger partial charge < -0.3 is 264 Å². The van der Waals surface area contributed by atoms with Crippen LogP contribution in [0.3, 0.4) is 0 Å². The summed E-state index contributed by atoms with van der Waals surface area (Å²) in [6, 6.07) is -7.73. The average molecular weight is 1890 g/mol. The monoisotopic (exact) mass is 1890 g/mol. The van der Waals surface area contributed by atoms with Gasteiger partial charge in [0, 0.05) is 34.1 Å². The molecule has 129 heavy (non-hydrogen) atoms. The summed E-state index contributed by atoms with van der Waals surface area (Å²) in [5, 5.41) is 342. The van der Waals surface area contributed by atoms with E-state index in [2.05, 4.69) is 21.3 Å². The molecule has 34 N–H and O–H groups in total. The second-order valence-corrected chi connectivity index (χ2v) is 32.4. The van der Waals surface area contributed by atoms with Crippen molar-refractivity contribution in [1.29, 1.82) is 0 Å². The van der Waals surface area contributed by atoms with Gasteiger partial charge in [0.1, 0.15) is 244 Å². The number of aliphatic hydroxyl groups is 29. The van der Waals surface area contributed by atoms with E-state index in [-0.39, 0.29) is 0 Å². The smallest absolute Gasteiger partial charge is 0.364 e. The second-order valence-electron chi connectivity index (χ2n) is 32.4.